The van der Waals surface area contributed by atoms with Crippen molar-refractivity contribution in [2.45, 2.75) is 19.6 Å². The summed E-state index contributed by atoms with van der Waals surface area (Å²) in [5.41, 5.74) is 2.96. The molecule has 0 N–H and O–H groups in total. The minimum absolute atomic E-state index is 0.0270. The number of halogens is 1. The Kier molecular flexibility index (Phi) is 7.57. The van der Waals surface area contributed by atoms with Crippen LogP contribution in [0.1, 0.15) is 16.7 Å². The molecule has 1 amide bonds. The van der Waals surface area contributed by atoms with Gasteiger partial charge in [-0.15, -0.1) is 0 Å². The number of benzene rings is 3. The fraction of sp³-hybridized carbons (Fsp3) is 0.240. The Balaban J connectivity index is 1.67. The number of likely N-dealkylation sites (N-methyl/N-ethyl adjacent to an activating group) is 1. The van der Waals surface area contributed by atoms with E-state index in [1.165, 1.54) is 13.2 Å². The van der Waals surface area contributed by atoms with E-state index in [1.807, 2.05) is 83.6 Å². The molecule has 0 aliphatic carbocycles. The first-order chi connectivity index (χ1) is 14.5. The lowest BCUT2D eigenvalue weighted by Gasteiger charge is -2.26. The maximum Gasteiger partial charge on any atom is 0.237 e. The van der Waals surface area contributed by atoms with Crippen molar-refractivity contribution in [1.82, 2.24) is 9.80 Å². The van der Waals surface area contributed by atoms with Crippen LogP contribution in [0, 0.1) is 5.82 Å². The summed E-state index contributed by atoms with van der Waals surface area (Å²) in [6.07, 6.45) is 0. The van der Waals surface area contributed by atoms with Gasteiger partial charge in [0, 0.05) is 19.6 Å². The molecule has 0 fully saturated rings. The van der Waals surface area contributed by atoms with Gasteiger partial charge in [-0.05, 0) is 35.9 Å². The molecule has 0 aliphatic heterocycles. The van der Waals surface area contributed by atoms with Crippen LogP contribution in [0.4, 0.5) is 4.39 Å². The molecule has 4 nitrogen and oxygen atoms in total. The zero-order chi connectivity index (χ0) is 21.3. The topological polar surface area (TPSA) is 32.8 Å². The minimum Gasteiger partial charge on any atom is -0.494 e. The van der Waals surface area contributed by atoms with E-state index in [-0.39, 0.29) is 18.2 Å². The molecule has 3 rings (SSSR count). The third kappa shape index (κ3) is 6.16. The average molecular weight is 407 g/mol. The molecule has 0 radical (unpaired) electrons. The molecule has 0 spiro atoms. The predicted molar refractivity (Wildman–Crippen MR) is 116 cm³/mol. The largest absolute Gasteiger partial charge is 0.494 e. The minimum atomic E-state index is -0.399. The van der Waals surface area contributed by atoms with Crippen molar-refractivity contribution in [3.63, 3.8) is 0 Å². The summed E-state index contributed by atoms with van der Waals surface area (Å²) in [4.78, 5) is 16.9. The van der Waals surface area contributed by atoms with Crippen molar-refractivity contribution in [2.75, 3.05) is 20.7 Å². The van der Waals surface area contributed by atoms with E-state index in [1.54, 1.807) is 6.07 Å². The number of ether oxygens (including phenoxy) is 1. The molecule has 156 valence electrons. The summed E-state index contributed by atoms with van der Waals surface area (Å²) in [5, 5.41) is 0. The van der Waals surface area contributed by atoms with Gasteiger partial charge in [0.05, 0.1) is 13.7 Å². The highest BCUT2D eigenvalue weighted by atomic mass is 19.1. The molecule has 3 aromatic carbocycles. The van der Waals surface area contributed by atoms with Crippen molar-refractivity contribution in [2.24, 2.45) is 0 Å². The zero-order valence-corrected chi connectivity index (χ0v) is 17.4. The lowest BCUT2D eigenvalue weighted by molar-refractivity contribution is -0.133. The van der Waals surface area contributed by atoms with Crippen molar-refractivity contribution in [1.29, 1.82) is 0 Å². The smallest absolute Gasteiger partial charge is 0.237 e. The molecule has 0 aromatic heterocycles. The number of carbonyl (C=O) groups excluding carboxylic acids is 1. The Hall–Kier alpha value is -3.18. The molecular formula is C25H27FN2O2. The molecule has 0 saturated carbocycles. The second kappa shape index (κ2) is 10.6. The van der Waals surface area contributed by atoms with Gasteiger partial charge < -0.3 is 9.64 Å². The quantitative estimate of drug-likeness (QED) is 0.525. The number of amides is 1. The molecular weight excluding hydrogens is 379 g/mol. The Morgan fingerprint density at radius 2 is 1.40 bits per heavy atom. The maximum absolute atomic E-state index is 14.0. The highest BCUT2D eigenvalue weighted by Crippen LogP contribution is 2.18. The highest BCUT2D eigenvalue weighted by Gasteiger charge is 2.17. The van der Waals surface area contributed by atoms with Gasteiger partial charge in [0.25, 0.3) is 0 Å². The van der Waals surface area contributed by atoms with E-state index in [9.17, 15) is 9.18 Å². The number of hydrogen-bond acceptors (Lipinski definition) is 3. The molecule has 0 unspecified atom stereocenters. The standard InChI is InChI=1S/C25H27FN2O2/c1-27(16-22-13-14-24(30-2)23(26)15-22)19-25(29)28(17-20-9-5-3-6-10-20)18-21-11-7-4-8-12-21/h3-15H,16-19H2,1-2H3. The van der Waals surface area contributed by atoms with Gasteiger partial charge in [-0.25, -0.2) is 4.39 Å². The molecule has 5 heteroatoms. The van der Waals surface area contributed by atoms with Crippen LogP contribution in [0.15, 0.2) is 78.9 Å². The molecule has 0 atom stereocenters. The second-order valence-electron chi connectivity index (χ2n) is 7.36. The normalized spacial score (nSPS) is 10.8. The number of nitrogens with zero attached hydrogens (tertiary/aromatic N) is 2. The van der Waals surface area contributed by atoms with E-state index in [0.717, 1.165) is 16.7 Å². The van der Waals surface area contributed by atoms with E-state index in [4.69, 9.17) is 4.74 Å². The first-order valence-electron chi connectivity index (χ1n) is 9.91. The fourth-order valence-electron chi connectivity index (χ4n) is 3.35. The van der Waals surface area contributed by atoms with Gasteiger partial charge in [-0.2, -0.15) is 0 Å². The Morgan fingerprint density at radius 1 is 0.833 bits per heavy atom. The van der Waals surface area contributed by atoms with E-state index in [2.05, 4.69) is 0 Å². The molecule has 0 heterocycles. The summed E-state index contributed by atoms with van der Waals surface area (Å²) in [5.74, 6) is -0.155. The van der Waals surface area contributed by atoms with Gasteiger partial charge in [0.15, 0.2) is 11.6 Å². The van der Waals surface area contributed by atoms with Crippen molar-refractivity contribution < 1.29 is 13.9 Å². The van der Waals surface area contributed by atoms with Gasteiger partial charge in [0.1, 0.15) is 0 Å². The summed E-state index contributed by atoms with van der Waals surface area (Å²) in [7, 11) is 3.31. The molecule has 3 aromatic rings. The Bertz CT molecular complexity index is 906. The lowest BCUT2D eigenvalue weighted by atomic mass is 10.1. The number of methoxy groups -OCH3 is 1. The third-order valence-corrected chi connectivity index (χ3v) is 4.86. The van der Waals surface area contributed by atoms with E-state index in [0.29, 0.717) is 19.6 Å². The monoisotopic (exact) mass is 406 g/mol. The molecule has 0 saturated heterocycles. The first-order valence-corrected chi connectivity index (χ1v) is 9.91. The lowest BCUT2D eigenvalue weighted by Crippen LogP contribution is -2.38. The van der Waals surface area contributed by atoms with Crippen LogP contribution in [0.2, 0.25) is 0 Å². The van der Waals surface area contributed by atoms with Crippen LogP contribution in [0.3, 0.4) is 0 Å². The van der Waals surface area contributed by atoms with Gasteiger partial charge in [-0.3, -0.25) is 9.69 Å². The molecule has 30 heavy (non-hydrogen) atoms. The van der Waals surface area contributed by atoms with Crippen LogP contribution in [-0.4, -0.2) is 36.4 Å². The van der Waals surface area contributed by atoms with E-state index < -0.39 is 5.82 Å². The van der Waals surface area contributed by atoms with Crippen LogP contribution in [0.5, 0.6) is 5.75 Å². The second-order valence-corrected chi connectivity index (χ2v) is 7.36. The fourth-order valence-corrected chi connectivity index (χ4v) is 3.35. The van der Waals surface area contributed by atoms with Gasteiger partial charge in [-0.1, -0.05) is 66.7 Å². The van der Waals surface area contributed by atoms with Gasteiger partial charge >= 0.3 is 0 Å². The summed E-state index contributed by atoms with van der Waals surface area (Å²) in [6.45, 7) is 1.80. The van der Waals surface area contributed by atoms with Gasteiger partial charge in [0.2, 0.25) is 5.91 Å². The van der Waals surface area contributed by atoms with Crippen LogP contribution < -0.4 is 4.74 Å². The molecule has 0 aliphatic rings. The van der Waals surface area contributed by atoms with Crippen LogP contribution >= 0.6 is 0 Å². The maximum atomic E-state index is 14.0. The summed E-state index contributed by atoms with van der Waals surface area (Å²) in [6, 6.07) is 24.8. The summed E-state index contributed by atoms with van der Waals surface area (Å²) < 4.78 is 18.9. The first kappa shape index (κ1) is 21.5. The van der Waals surface area contributed by atoms with Crippen molar-refractivity contribution in [3.05, 3.63) is 101 Å². The molecule has 0 bridgehead atoms. The summed E-state index contributed by atoms with van der Waals surface area (Å²) >= 11 is 0. The van der Waals surface area contributed by atoms with Crippen molar-refractivity contribution >= 4 is 5.91 Å². The van der Waals surface area contributed by atoms with Crippen LogP contribution in [0.25, 0.3) is 0 Å². The number of rotatable bonds is 9. The van der Waals surface area contributed by atoms with Crippen LogP contribution in [-0.2, 0) is 24.4 Å². The Labute approximate surface area is 177 Å². The number of carbonyl (C=O) groups is 1. The Morgan fingerprint density at radius 3 is 1.90 bits per heavy atom. The third-order valence-electron chi connectivity index (χ3n) is 4.86. The van der Waals surface area contributed by atoms with Crippen molar-refractivity contribution in [3.8, 4) is 5.75 Å². The SMILES string of the molecule is COc1ccc(CN(C)CC(=O)N(Cc2ccccc2)Cc2ccccc2)cc1F. The predicted octanol–water partition coefficient (Wildman–Crippen LogP) is 4.50. The number of hydrogen-bond donors (Lipinski definition) is 0. The van der Waals surface area contributed by atoms with E-state index >= 15 is 0 Å². The average Bonchev–Trinajstić information content (AvgIpc) is 2.75. The highest BCUT2D eigenvalue weighted by molar-refractivity contribution is 5.78. The zero-order valence-electron chi connectivity index (χ0n) is 17.4.